The Labute approximate surface area is 183 Å². The van der Waals surface area contributed by atoms with Crippen LogP contribution in [-0.4, -0.2) is 47.8 Å². The van der Waals surface area contributed by atoms with Crippen LogP contribution < -0.4 is 0 Å². The molecule has 1 aliphatic rings. The zero-order chi connectivity index (χ0) is 23.1. The summed E-state index contributed by atoms with van der Waals surface area (Å²) < 4.78 is 27.7. The van der Waals surface area contributed by atoms with Gasteiger partial charge in [0.15, 0.2) is 0 Å². The van der Waals surface area contributed by atoms with Crippen LogP contribution in [0.25, 0.3) is 12.2 Å². The van der Waals surface area contributed by atoms with Gasteiger partial charge in [-0.1, -0.05) is 36.4 Å². The first kappa shape index (κ1) is 22.4. The van der Waals surface area contributed by atoms with Gasteiger partial charge in [-0.15, -0.1) is 0 Å². The molecule has 1 heterocycles. The topological polar surface area (TPSA) is 88.2 Å². The van der Waals surface area contributed by atoms with E-state index in [-0.39, 0.29) is 48.5 Å². The van der Waals surface area contributed by atoms with E-state index in [0.29, 0.717) is 0 Å². The summed E-state index contributed by atoms with van der Waals surface area (Å²) >= 11 is 0. The van der Waals surface area contributed by atoms with E-state index in [1.54, 1.807) is 24.3 Å². The van der Waals surface area contributed by atoms with E-state index in [1.165, 1.54) is 58.4 Å². The van der Waals surface area contributed by atoms with E-state index in [0.717, 1.165) is 0 Å². The molecule has 0 N–H and O–H groups in total. The summed E-state index contributed by atoms with van der Waals surface area (Å²) in [5.74, 6) is -2.22. The summed E-state index contributed by atoms with van der Waals surface area (Å²) in [7, 11) is 0. The van der Waals surface area contributed by atoms with Crippen molar-refractivity contribution < 1.29 is 18.4 Å². The van der Waals surface area contributed by atoms with Crippen molar-refractivity contribution >= 4 is 24.0 Å². The molecule has 2 amide bonds. The zero-order valence-corrected chi connectivity index (χ0v) is 17.0. The number of nitrogens with zero attached hydrogens (tertiary/aromatic N) is 4. The highest BCUT2D eigenvalue weighted by molar-refractivity contribution is 6.03. The predicted octanol–water partition coefficient (Wildman–Crippen LogP) is 3.15. The van der Waals surface area contributed by atoms with Crippen LogP contribution >= 0.6 is 0 Å². The SMILES string of the molecule is N#CC(=Cc1ccccc1F)C(=O)N1CCN(C(=O)C(C#N)=Cc2ccccc2F)CC1. The van der Waals surface area contributed by atoms with Crippen molar-refractivity contribution in [3.8, 4) is 12.1 Å². The average Bonchev–Trinajstić information content (AvgIpc) is 2.82. The largest absolute Gasteiger partial charge is 0.334 e. The molecule has 6 nitrogen and oxygen atoms in total. The van der Waals surface area contributed by atoms with Crippen molar-refractivity contribution in [2.75, 3.05) is 26.2 Å². The molecular weight excluding hydrogens is 414 g/mol. The van der Waals surface area contributed by atoms with Crippen molar-refractivity contribution in [1.82, 2.24) is 9.80 Å². The van der Waals surface area contributed by atoms with Gasteiger partial charge in [0.05, 0.1) is 0 Å². The van der Waals surface area contributed by atoms with Crippen LogP contribution in [0.4, 0.5) is 8.78 Å². The fraction of sp³-hybridized carbons (Fsp3) is 0.167. The highest BCUT2D eigenvalue weighted by Crippen LogP contribution is 2.17. The van der Waals surface area contributed by atoms with Gasteiger partial charge in [0, 0.05) is 37.3 Å². The maximum Gasteiger partial charge on any atom is 0.264 e. The lowest BCUT2D eigenvalue weighted by Crippen LogP contribution is -2.51. The lowest BCUT2D eigenvalue weighted by atomic mass is 10.1. The molecule has 0 radical (unpaired) electrons. The van der Waals surface area contributed by atoms with E-state index < -0.39 is 23.4 Å². The van der Waals surface area contributed by atoms with Crippen LogP contribution in [0.2, 0.25) is 0 Å². The van der Waals surface area contributed by atoms with Gasteiger partial charge in [0.1, 0.15) is 34.9 Å². The minimum Gasteiger partial charge on any atom is -0.334 e. The Kier molecular flexibility index (Phi) is 7.09. The number of carbonyl (C=O) groups excluding carboxylic acids is 2. The molecule has 32 heavy (non-hydrogen) atoms. The van der Waals surface area contributed by atoms with E-state index >= 15 is 0 Å². The Morgan fingerprint density at radius 3 is 1.38 bits per heavy atom. The van der Waals surface area contributed by atoms with Crippen LogP contribution in [0.1, 0.15) is 11.1 Å². The fourth-order valence-corrected chi connectivity index (χ4v) is 3.23. The highest BCUT2D eigenvalue weighted by atomic mass is 19.1. The molecule has 0 saturated carbocycles. The number of piperazine rings is 1. The van der Waals surface area contributed by atoms with Gasteiger partial charge in [-0.3, -0.25) is 9.59 Å². The lowest BCUT2D eigenvalue weighted by molar-refractivity contribution is -0.134. The maximum absolute atomic E-state index is 13.8. The summed E-state index contributed by atoms with van der Waals surface area (Å²) in [5, 5.41) is 18.7. The van der Waals surface area contributed by atoms with Crippen LogP contribution in [0.15, 0.2) is 59.7 Å². The maximum atomic E-state index is 13.8. The van der Waals surface area contributed by atoms with Crippen LogP contribution in [0.5, 0.6) is 0 Å². The Bertz CT molecular complexity index is 1090. The van der Waals surface area contributed by atoms with Crippen molar-refractivity contribution in [1.29, 1.82) is 10.5 Å². The number of benzene rings is 2. The summed E-state index contributed by atoms with van der Waals surface area (Å²) in [6, 6.07) is 15.2. The van der Waals surface area contributed by atoms with E-state index in [1.807, 2.05) is 0 Å². The van der Waals surface area contributed by atoms with Gasteiger partial charge in [0.25, 0.3) is 11.8 Å². The third kappa shape index (κ3) is 5.05. The summed E-state index contributed by atoms with van der Waals surface area (Å²) in [4.78, 5) is 28.2. The molecule has 8 heteroatoms. The number of halogens is 2. The molecule has 0 bridgehead atoms. The average molecular weight is 432 g/mol. The molecule has 1 fully saturated rings. The molecule has 0 aromatic heterocycles. The summed E-state index contributed by atoms with van der Waals surface area (Å²) in [6.45, 7) is 0.553. The number of carbonyl (C=O) groups is 2. The first-order valence-corrected chi connectivity index (χ1v) is 9.75. The Hall–Kier alpha value is -4.30. The third-order valence-electron chi connectivity index (χ3n) is 4.97. The molecule has 1 saturated heterocycles. The standard InChI is InChI=1S/C24H18F2N4O2/c25-21-7-3-1-5-17(21)13-19(15-27)23(31)29-9-11-30(12-10-29)24(32)20(16-28)14-18-6-2-4-8-22(18)26/h1-8,13-14H,9-12H2. The Balaban J connectivity index is 1.69. The smallest absolute Gasteiger partial charge is 0.264 e. The predicted molar refractivity (Wildman–Crippen MR) is 113 cm³/mol. The zero-order valence-electron chi connectivity index (χ0n) is 17.0. The fourth-order valence-electron chi connectivity index (χ4n) is 3.23. The highest BCUT2D eigenvalue weighted by Gasteiger charge is 2.27. The molecule has 0 atom stereocenters. The van der Waals surface area contributed by atoms with E-state index in [2.05, 4.69) is 0 Å². The van der Waals surface area contributed by atoms with Crippen molar-refractivity contribution in [2.45, 2.75) is 0 Å². The number of amides is 2. The van der Waals surface area contributed by atoms with E-state index in [9.17, 15) is 28.9 Å². The molecular formula is C24H18F2N4O2. The molecule has 0 spiro atoms. The number of hydrogen-bond acceptors (Lipinski definition) is 4. The van der Waals surface area contributed by atoms with Crippen LogP contribution in [0, 0.1) is 34.3 Å². The van der Waals surface area contributed by atoms with Crippen LogP contribution in [-0.2, 0) is 9.59 Å². The first-order chi connectivity index (χ1) is 15.4. The van der Waals surface area contributed by atoms with Gasteiger partial charge in [-0.2, -0.15) is 10.5 Å². The second-order valence-corrected chi connectivity index (χ2v) is 6.97. The number of nitriles is 2. The molecule has 0 unspecified atom stereocenters. The second kappa shape index (κ2) is 10.1. The quantitative estimate of drug-likeness (QED) is 0.549. The third-order valence-corrected chi connectivity index (χ3v) is 4.97. The van der Waals surface area contributed by atoms with E-state index in [4.69, 9.17) is 0 Å². The molecule has 2 aromatic rings. The van der Waals surface area contributed by atoms with Crippen molar-refractivity contribution in [3.05, 3.63) is 82.4 Å². The normalized spacial score (nSPS) is 14.5. The summed E-state index contributed by atoms with van der Waals surface area (Å²) in [6.07, 6.45) is 2.39. The minimum atomic E-state index is -0.565. The van der Waals surface area contributed by atoms with Gasteiger partial charge in [0.2, 0.25) is 0 Å². The molecule has 0 aliphatic carbocycles. The van der Waals surface area contributed by atoms with Gasteiger partial charge in [-0.25, -0.2) is 8.78 Å². The van der Waals surface area contributed by atoms with Crippen LogP contribution in [0.3, 0.4) is 0 Å². The molecule has 3 rings (SSSR count). The second-order valence-electron chi connectivity index (χ2n) is 6.97. The minimum absolute atomic E-state index is 0.128. The lowest BCUT2D eigenvalue weighted by Gasteiger charge is -2.34. The summed E-state index contributed by atoms with van der Waals surface area (Å²) in [5.41, 5.74) is -0.176. The monoisotopic (exact) mass is 432 g/mol. The molecule has 160 valence electrons. The van der Waals surface area contributed by atoms with Gasteiger partial charge >= 0.3 is 0 Å². The number of hydrogen-bond donors (Lipinski definition) is 0. The first-order valence-electron chi connectivity index (χ1n) is 9.75. The van der Waals surface area contributed by atoms with Crippen molar-refractivity contribution in [2.24, 2.45) is 0 Å². The van der Waals surface area contributed by atoms with Gasteiger partial charge < -0.3 is 9.80 Å². The Morgan fingerprint density at radius 1 is 0.719 bits per heavy atom. The Morgan fingerprint density at radius 2 is 1.06 bits per heavy atom. The van der Waals surface area contributed by atoms with Gasteiger partial charge in [-0.05, 0) is 24.3 Å². The molecule has 1 aliphatic heterocycles. The molecule has 2 aromatic carbocycles. The number of rotatable bonds is 4. The van der Waals surface area contributed by atoms with Crippen molar-refractivity contribution in [3.63, 3.8) is 0 Å².